The van der Waals surface area contributed by atoms with Gasteiger partial charge in [0.1, 0.15) is 12.7 Å². The van der Waals surface area contributed by atoms with Gasteiger partial charge in [-0.25, -0.2) is 9.79 Å². The number of esters is 5. The van der Waals surface area contributed by atoms with E-state index in [9.17, 15) is 24.0 Å². The van der Waals surface area contributed by atoms with Crippen molar-refractivity contribution in [2.45, 2.75) is 64.9 Å². The van der Waals surface area contributed by atoms with Crippen molar-refractivity contribution in [1.82, 2.24) is 0 Å². The summed E-state index contributed by atoms with van der Waals surface area (Å²) in [7, 11) is 1.28. The van der Waals surface area contributed by atoms with E-state index in [-0.39, 0.29) is 13.2 Å². The van der Waals surface area contributed by atoms with Gasteiger partial charge in [-0.05, 0) is 17.7 Å². The van der Waals surface area contributed by atoms with E-state index in [0.29, 0.717) is 5.56 Å². The van der Waals surface area contributed by atoms with E-state index in [1.165, 1.54) is 14.0 Å². The van der Waals surface area contributed by atoms with Crippen LogP contribution in [0.25, 0.3) is 0 Å². The Hall–Kier alpha value is -4.09. The fourth-order valence-corrected chi connectivity index (χ4v) is 3.40. The fourth-order valence-electron chi connectivity index (χ4n) is 3.40. The Balaban J connectivity index is 2.33. The number of nitrogens with zero attached hydrogens (tertiary/aromatic N) is 2. The monoisotopic (exact) mass is 520 g/mol. The van der Waals surface area contributed by atoms with E-state index in [1.807, 2.05) is 0 Å². The zero-order chi connectivity index (χ0) is 27.5. The van der Waals surface area contributed by atoms with E-state index in [1.54, 1.807) is 24.3 Å². The van der Waals surface area contributed by atoms with Gasteiger partial charge >= 0.3 is 29.8 Å². The third-order valence-electron chi connectivity index (χ3n) is 4.86. The molecule has 0 amide bonds. The Morgan fingerprint density at radius 2 is 1.41 bits per heavy atom. The maximum atomic E-state index is 11.8. The van der Waals surface area contributed by atoms with Crippen molar-refractivity contribution in [3.8, 4) is 0 Å². The quantitative estimate of drug-likeness (QED) is 0.261. The zero-order valence-corrected chi connectivity index (χ0v) is 21.0. The standard InChI is InChI=1S/C24H28N2O11/c1-13(27)33-11-19-20(34-14(2)28)21(35-15(3)29)22(36-16(4)30)23(37-19)26-12-25-10-17-6-8-18(9-7-17)24(31)32-5/h6-9,19-23H,10-11H2,1-5H3/t19-,20-,21+,22-,23-/m1/s1. The molecular formula is C24H28N2O11. The molecule has 0 N–H and O–H groups in total. The number of carbonyl (C=O) groups excluding carboxylic acids is 5. The lowest BCUT2D eigenvalue weighted by atomic mass is 9.97. The highest BCUT2D eigenvalue weighted by Crippen LogP contribution is 2.29. The summed E-state index contributed by atoms with van der Waals surface area (Å²) >= 11 is 0. The van der Waals surface area contributed by atoms with Crippen LogP contribution in [0.3, 0.4) is 0 Å². The van der Waals surface area contributed by atoms with Crippen molar-refractivity contribution in [2.75, 3.05) is 13.7 Å². The molecule has 200 valence electrons. The summed E-state index contributed by atoms with van der Waals surface area (Å²) in [5.41, 5.74) is 1.11. The van der Waals surface area contributed by atoms with Gasteiger partial charge in [-0.1, -0.05) is 12.1 Å². The average Bonchev–Trinajstić information content (AvgIpc) is 2.83. The Morgan fingerprint density at radius 1 is 0.838 bits per heavy atom. The summed E-state index contributed by atoms with van der Waals surface area (Å²) in [6.45, 7) is 4.32. The molecule has 1 fully saturated rings. The second-order valence-corrected chi connectivity index (χ2v) is 7.82. The van der Waals surface area contributed by atoms with Gasteiger partial charge in [-0.15, -0.1) is 0 Å². The van der Waals surface area contributed by atoms with Crippen LogP contribution in [0.5, 0.6) is 0 Å². The lowest BCUT2D eigenvalue weighted by Gasteiger charge is -2.42. The van der Waals surface area contributed by atoms with Crippen molar-refractivity contribution >= 4 is 35.9 Å². The SMILES string of the molecule is COC(=O)c1ccc(CN=C=N[C@@H]2O[C@H](COC(C)=O)[C@@H](OC(C)=O)[C@H](OC(C)=O)[C@H]2OC(C)=O)cc1. The van der Waals surface area contributed by atoms with Gasteiger partial charge in [0.05, 0.1) is 25.2 Å². The van der Waals surface area contributed by atoms with Gasteiger partial charge < -0.3 is 28.4 Å². The number of ether oxygens (including phenoxy) is 6. The molecule has 37 heavy (non-hydrogen) atoms. The molecule has 0 radical (unpaired) electrons. The predicted molar refractivity (Wildman–Crippen MR) is 123 cm³/mol. The third-order valence-corrected chi connectivity index (χ3v) is 4.86. The van der Waals surface area contributed by atoms with Crippen LogP contribution in [-0.2, 0) is 54.1 Å². The van der Waals surface area contributed by atoms with E-state index in [0.717, 1.165) is 26.3 Å². The molecule has 5 atom stereocenters. The van der Waals surface area contributed by atoms with Crippen molar-refractivity contribution in [3.05, 3.63) is 35.4 Å². The topological polar surface area (TPSA) is 165 Å². The number of hydrogen-bond acceptors (Lipinski definition) is 13. The first-order chi connectivity index (χ1) is 17.5. The molecule has 0 bridgehead atoms. The van der Waals surface area contributed by atoms with Crippen molar-refractivity contribution in [2.24, 2.45) is 9.98 Å². The number of benzene rings is 1. The molecule has 0 spiro atoms. The highest BCUT2D eigenvalue weighted by molar-refractivity contribution is 5.89. The predicted octanol–water partition coefficient (Wildman–Crippen LogP) is 1.23. The Bertz CT molecular complexity index is 1060. The van der Waals surface area contributed by atoms with Crippen LogP contribution < -0.4 is 0 Å². The zero-order valence-electron chi connectivity index (χ0n) is 21.0. The van der Waals surface area contributed by atoms with Gasteiger partial charge in [0, 0.05) is 27.7 Å². The molecule has 1 aromatic carbocycles. The Labute approximate surface area is 212 Å². The smallest absolute Gasteiger partial charge is 0.337 e. The minimum Gasteiger partial charge on any atom is -0.465 e. The van der Waals surface area contributed by atoms with Crippen molar-refractivity contribution in [3.63, 3.8) is 0 Å². The van der Waals surface area contributed by atoms with Gasteiger partial charge in [0.25, 0.3) is 0 Å². The van der Waals surface area contributed by atoms with Gasteiger partial charge in [0.2, 0.25) is 0 Å². The van der Waals surface area contributed by atoms with Gasteiger partial charge in [-0.2, -0.15) is 4.99 Å². The second-order valence-electron chi connectivity index (χ2n) is 7.82. The first kappa shape index (κ1) is 29.1. The van der Waals surface area contributed by atoms with Gasteiger partial charge in [-0.3, -0.25) is 19.2 Å². The minimum atomic E-state index is -1.33. The normalized spacial score (nSPS) is 22.5. The molecule has 13 nitrogen and oxygen atoms in total. The second kappa shape index (κ2) is 13.9. The summed E-state index contributed by atoms with van der Waals surface area (Å²) in [4.78, 5) is 66.5. The number of carbonyl (C=O) groups is 5. The summed E-state index contributed by atoms with van der Waals surface area (Å²) in [6, 6.07) is 8.95. The molecule has 0 aromatic heterocycles. The number of aliphatic imine (C=N–C) groups is 2. The van der Waals surface area contributed by atoms with Gasteiger partial charge in [0.15, 0.2) is 24.5 Å². The first-order valence-electron chi connectivity index (χ1n) is 11.1. The summed E-state index contributed by atoms with van der Waals surface area (Å²) < 4.78 is 31.4. The van der Waals surface area contributed by atoms with E-state index in [2.05, 4.69) is 20.7 Å². The maximum Gasteiger partial charge on any atom is 0.337 e. The molecule has 0 unspecified atom stereocenters. The summed E-state index contributed by atoms with van der Waals surface area (Å²) in [6.07, 6.45) is -6.36. The summed E-state index contributed by atoms with van der Waals surface area (Å²) in [5, 5.41) is 0. The van der Waals surface area contributed by atoms with Crippen LogP contribution in [0, 0.1) is 0 Å². The molecule has 13 heteroatoms. The highest BCUT2D eigenvalue weighted by Gasteiger charge is 2.52. The number of rotatable bonds is 9. The maximum absolute atomic E-state index is 11.8. The highest BCUT2D eigenvalue weighted by atomic mass is 16.7. The van der Waals surface area contributed by atoms with Crippen molar-refractivity contribution in [1.29, 1.82) is 0 Å². The first-order valence-corrected chi connectivity index (χ1v) is 11.1. The molecule has 1 saturated heterocycles. The Kier molecular flexibility index (Phi) is 10.9. The molecule has 1 heterocycles. The average molecular weight is 520 g/mol. The third kappa shape index (κ3) is 9.13. The van der Waals surface area contributed by atoms with E-state index >= 15 is 0 Å². The Morgan fingerprint density at radius 3 is 1.95 bits per heavy atom. The molecule has 2 rings (SSSR count). The lowest BCUT2D eigenvalue weighted by Crippen LogP contribution is -2.61. The van der Waals surface area contributed by atoms with E-state index < -0.39 is 60.5 Å². The van der Waals surface area contributed by atoms with Crippen LogP contribution >= 0.6 is 0 Å². The molecular weight excluding hydrogens is 492 g/mol. The van der Waals surface area contributed by atoms with E-state index in [4.69, 9.17) is 23.7 Å². The number of hydrogen-bond donors (Lipinski definition) is 0. The molecule has 1 aliphatic rings. The largest absolute Gasteiger partial charge is 0.465 e. The molecule has 0 saturated carbocycles. The van der Waals surface area contributed by atoms with Crippen molar-refractivity contribution < 1.29 is 52.4 Å². The van der Waals surface area contributed by atoms with Crippen LogP contribution in [0.4, 0.5) is 0 Å². The number of methoxy groups -OCH3 is 1. The lowest BCUT2D eigenvalue weighted by molar-refractivity contribution is -0.250. The van der Waals surface area contributed by atoms with Crippen LogP contribution in [0.15, 0.2) is 34.3 Å². The molecule has 1 aromatic rings. The molecule has 0 aliphatic carbocycles. The molecule has 1 aliphatic heterocycles. The van der Waals surface area contributed by atoms with Crippen LogP contribution in [0.1, 0.15) is 43.6 Å². The fraction of sp³-hybridized carbons (Fsp3) is 0.500. The van der Waals surface area contributed by atoms with Crippen LogP contribution in [0.2, 0.25) is 0 Å². The summed E-state index contributed by atoms with van der Waals surface area (Å²) in [5.74, 6) is -3.33. The van der Waals surface area contributed by atoms with Crippen LogP contribution in [-0.4, -0.2) is 80.2 Å². The minimum absolute atomic E-state index is 0.135.